The molecule has 29 heavy (non-hydrogen) atoms. The maximum Gasteiger partial charge on any atom is 0.228 e. The number of benzene rings is 2. The zero-order valence-electron chi connectivity index (χ0n) is 16.9. The van der Waals surface area contributed by atoms with Crippen molar-refractivity contribution >= 4 is 43.4 Å². The number of sulfonamides is 1. The molecule has 1 saturated heterocycles. The minimum Gasteiger partial charge on any atom is -0.341 e. The lowest BCUT2D eigenvalue weighted by atomic mass is 9.98. The Morgan fingerprint density at radius 1 is 1.10 bits per heavy atom. The molecule has 2 aromatic carbocycles. The van der Waals surface area contributed by atoms with Crippen LogP contribution in [0.5, 0.6) is 0 Å². The maximum atomic E-state index is 12.9. The number of aryl methyl sites for hydroxylation is 1. The number of aromatic nitrogens is 1. The van der Waals surface area contributed by atoms with Gasteiger partial charge in [-0.05, 0) is 51.0 Å². The summed E-state index contributed by atoms with van der Waals surface area (Å²) in [4.78, 5) is 12.9. The van der Waals surface area contributed by atoms with Gasteiger partial charge < -0.3 is 9.88 Å². The molecule has 1 unspecified atom stereocenters. The van der Waals surface area contributed by atoms with Crippen LogP contribution >= 0.6 is 0 Å². The van der Waals surface area contributed by atoms with E-state index in [-0.39, 0.29) is 24.1 Å². The summed E-state index contributed by atoms with van der Waals surface area (Å²) in [6.45, 7) is 5.41. The Labute approximate surface area is 171 Å². The molecular formula is C22H27N3O3S. The molecule has 7 heteroatoms. The molecule has 3 aromatic rings. The van der Waals surface area contributed by atoms with Crippen molar-refractivity contribution in [2.24, 2.45) is 5.92 Å². The second kappa shape index (κ2) is 7.80. The Morgan fingerprint density at radius 2 is 1.86 bits per heavy atom. The van der Waals surface area contributed by atoms with Gasteiger partial charge in [0.15, 0.2) is 0 Å². The Bertz CT molecular complexity index is 1170. The molecule has 2 heterocycles. The van der Waals surface area contributed by atoms with Crippen LogP contribution in [0, 0.1) is 5.92 Å². The van der Waals surface area contributed by atoms with E-state index in [0.29, 0.717) is 19.4 Å². The predicted molar refractivity (Wildman–Crippen MR) is 118 cm³/mol. The minimum absolute atomic E-state index is 0.0689. The van der Waals surface area contributed by atoms with Crippen molar-refractivity contribution in [1.29, 1.82) is 0 Å². The molecule has 1 aliphatic heterocycles. The fraction of sp³-hybridized carbons (Fsp3) is 0.409. The highest BCUT2D eigenvalue weighted by atomic mass is 32.2. The van der Waals surface area contributed by atoms with Crippen LogP contribution in [0.3, 0.4) is 0 Å². The predicted octanol–water partition coefficient (Wildman–Crippen LogP) is 3.81. The van der Waals surface area contributed by atoms with Gasteiger partial charge in [-0.3, -0.25) is 4.79 Å². The standard InChI is InChI=1S/C22H27N3O3S/c1-3-25-20-10-6-5-9-18(20)19-14-17(11-12-21(19)25)23-22(26)16-8-7-13-24(15-16)29(27,28)4-2/h5-6,9-12,14,16H,3-4,7-8,13,15H2,1-2H3,(H,23,26). The molecule has 1 aromatic heterocycles. The molecule has 0 saturated carbocycles. The van der Waals surface area contributed by atoms with Crippen LogP contribution in [0.4, 0.5) is 5.69 Å². The van der Waals surface area contributed by atoms with Gasteiger partial charge in [-0.1, -0.05) is 18.2 Å². The number of hydrogen-bond acceptors (Lipinski definition) is 3. The van der Waals surface area contributed by atoms with Crippen molar-refractivity contribution in [3.8, 4) is 0 Å². The van der Waals surface area contributed by atoms with Crippen molar-refractivity contribution in [3.63, 3.8) is 0 Å². The summed E-state index contributed by atoms with van der Waals surface area (Å²) in [5, 5.41) is 5.29. The molecule has 1 atom stereocenters. The number of nitrogens with zero attached hydrogens (tertiary/aromatic N) is 2. The zero-order valence-corrected chi connectivity index (χ0v) is 17.7. The smallest absolute Gasteiger partial charge is 0.228 e. The van der Waals surface area contributed by atoms with E-state index in [1.54, 1.807) is 6.92 Å². The second-order valence-corrected chi connectivity index (χ2v) is 9.84. The van der Waals surface area contributed by atoms with Crippen molar-refractivity contribution in [3.05, 3.63) is 42.5 Å². The van der Waals surface area contributed by atoms with E-state index in [0.717, 1.165) is 23.1 Å². The van der Waals surface area contributed by atoms with Crippen LogP contribution in [-0.2, 0) is 21.4 Å². The molecule has 1 amide bonds. The highest BCUT2D eigenvalue weighted by Gasteiger charge is 2.31. The molecule has 1 aliphatic rings. The van der Waals surface area contributed by atoms with Crippen LogP contribution in [0.1, 0.15) is 26.7 Å². The van der Waals surface area contributed by atoms with Crippen LogP contribution in [0.2, 0.25) is 0 Å². The summed E-state index contributed by atoms with van der Waals surface area (Å²) < 4.78 is 28.1. The lowest BCUT2D eigenvalue weighted by Gasteiger charge is -2.30. The fourth-order valence-electron chi connectivity index (χ4n) is 4.31. The van der Waals surface area contributed by atoms with Crippen molar-refractivity contribution in [1.82, 2.24) is 8.87 Å². The van der Waals surface area contributed by atoms with E-state index < -0.39 is 10.0 Å². The van der Waals surface area contributed by atoms with Crippen molar-refractivity contribution < 1.29 is 13.2 Å². The van der Waals surface area contributed by atoms with E-state index in [9.17, 15) is 13.2 Å². The monoisotopic (exact) mass is 413 g/mol. The number of hydrogen-bond donors (Lipinski definition) is 1. The fourth-order valence-corrected chi connectivity index (χ4v) is 5.49. The van der Waals surface area contributed by atoms with Gasteiger partial charge in [0.1, 0.15) is 0 Å². The molecule has 1 N–H and O–H groups in total. The van der Waals surface area contributed by atoms with E-state index in [4.69, 9.17) is 0 Å². The third kappa shape index (κ3) is 3.65. The number of piperidine rings is 1. The lowest BCUT2D eigenvalue weighted by molar-refractivity contribution is -0.120. The third-order valence-electron chi connectivity index (χ3n) is 5.87. The number of carbonyl (C=O) groups is 1. The van der Waals surface area contributed by atoms with Gasteiger partial charge in [0, 0.05) is 47.1 Å². The summed E-state index contributed by atoms with van der Waals surface area (Å²) in [5.41, 5.74) is 3.07. The maximum absolute atomic E-state index is 12.9. The molecule has 0 bridgehead atoms. The van der Waals surface area contributed by atoms with Gasteiger partial charge in [-0.15, -0.1) is 0 Å². The number of nitrogens with one attached hydrogen (secondary N) is 1. The summed E-state index contributed by atoms with van der Waals surface area (Å²) >= 11 is 0. The van der Waals surface area contributed by atoms with E-state index in [1.807, 2.05) is 30.3 Å². The largest absolute Gasteiger partial charge is 0.341 e. The number of amides is 1. The first-order chi connectivity index (χ1) is 13.9. The molecule has 4 rings (SSSR count). The topological polar surface area (TPSA) is 71.4 Å². The normalized spacial score (nSPS) is 18.3. The second-order valence-electron chi connectivity index (χ2n) is 7.58. The van der Waals surface area contributed by atoms with Gasteiger partial charge in [-0.25, -0.2) is 12.7 Å². The average molecular weight is 414 g/mol. The Morgan fingerprint density at radius 3 is 2.62 bits per heavy atom. The van der Waals surface area contributed by atoms with E-state index in [2.05, 4.69) is 28.9 Å². The van der Waals surface area contributed by atoms with Crippen LogP contribution < -0.4 is 5.32 Å². The summed E-state index contributed by atoms with van der Waals surface area (Å²) in [6.07, 6.45) is 1.42. The highest BCUT2D eigenvalue weighted by Crippen LogP contribution is 2.31. The van der Waals surface area contributed by atoms with E-state index in [1.165, 1.54) is 15.2 Å². The summed E-state index contributed by atoms with van der Waals surface area (Å²) in [6, 6.07) is 14.3. The average Bonchev–Trinajstić information content (AvgIpc) is 3.07. The van der Waals surface area contributed by atoms with E-state index >= 15 is 0 Å². The van der Waals surface area contributed by atoms with Crippen molar-refractivity contribution in [2.75, 3.05) is 24.2 Å². The number of rotatable bonds is 5. The van der Waals surface area contributed by atoms with Crippen LogP contribution in [0.25, 0.3) is 21.8 Å². The third-order valence-corrected chi connectivity index (χ3v) is 7.72. The summed E-state index contributed by atoms with van der Waals surface area (Å²) in [5.74, 6) is -0.364. The first-order valence-electron chi connectivity index (χ1n) is 10.2. The van der Waals surface area contributed by atoms with Gasteiger partial charge in [0.25, 0.3) is 0 Å². The zero-order chi connectivity index (χ0) is 20.6. The van der Waals surface area contributed by atoms with Gasteiger partial charge in [0.05, 0.1) is 11.7 Å². The molecule has 0 spiro atoms. The number of fused-ring (bicyclic) bond motifs is 3. The first-order valence-corrected chi connectivity index (χ1v) is 11.8. The summed E-state index contributed by atoms with van der Waals surface area (Å²) in [7, 11) is -3.26. The van der Waals surface area contributed by atoms with Crippen molar-refractivity contribution in [2.45, 2.75) is 33.2 Å². The number of anilines is 1. The molecule has 0 aliphatic carbocycles. The Hall–Kier alpha value is -2.38. The lowest BCUT2D eigenvalue weighted by Crippen LogP contribution is -2.44. The van der Waals surface area contributed by atoms with Gasteiger partial charge >= 0.3 is 0 Å². The Balaban J connectivity index is 1.59. The van der Waals surface area contributed by atoms with Crippen LogP contribution in [0.15, 0.2) is 42.5 Å². The first kappa shape index (κ1) is 19.9. The molecule has 6 nitrogen and oxygen atoms in total. The highest BCUT2D eigenvalue weighted by molar-refractivity contribution is 7.89. The molecule has 1 fully saturated rings. The molecular weight excluding hydrogens is 386 g/mol. The quantitative estimate of drug-likeness (QED) is 0.691. The van der Waals surface area contributed by atoms with Gasteiger partial charge in [0.2, 0.25) is 15.9 Å². The molecule has 154 valence electrons. The minimum atomic E-state index is -3.26. The Kier molecular flexibility index (Phi) is 5.36. The SMILES string of the molecule is CCn1c2ccccc2c2cc(NC(=O)C3CCCN(S(=O)(=O)CC)C3)ccc21. The number of para-hydroxylation sites is 1. The molecule has 0 radical (unpaired) electrons. The van der Waals surface area contributed by atoms with Gasteiger partial charge in [-0.2, -0.15) is 0 Å². The van der Waals surface area contributed by atoms with Crippen LogP contribution in [-0.4, -0.2) is 42.0 Å². The number of carbonyl (C=O) groups excluding carboxylic acids is 1.